The molecule has 0 aliphatic heterocycles. The highest BCUT2D eigenvalue weighted by Crippen LogP contribution is 2.69. The molecule has 5 aliphatic carbocycles. The fourth-order valence-corrected chi connectivity index (χ4v) is 9.21. The van der Waals surface area contributed by atoms with Gasteiger partial charge in [0.05, 0.1) is 25.4 Å². The van der Waals surface area contributed by atoms with Crippen LogP contribution in [0.3, 0.4) is 0 Å². The van der Waals surface area contributed by atoms with Crippen molar-refractivity contribution in [2.24, 2.45) is 34.5 Å². The highest BCUT2D eigenvalue weighted by atomic mass is 16.5. The molecule has 0 saturated heterocycles. The van der Waals surface area contributed by atoms with E-state index in [1.165, 1.54) is 26.7 Å². The fourth-order valence-electron chi connectivity index (χ4n) is 9.21. The number of rotatable bonds is 4. The van der Waals surface area contributed by atoms with Gasteiger partial charge in [-0.15, -0.1) is 0 Å². The van der Waals surface area contributed by atoms with E-state index in [0.717, 1.165) is 50.5 Å². The molecule has 7 atom stereocenters. The highest BCUT2D eigenvalue weighted by Gasteiger charge is 2.62. The van der Waals surface area contributed by atoms with Crippen molar-refractivity contribution in [3.05, 3.63) is 33.9 Å². The number of carbonyl (C=O) groups is 4. The van der Waals surface area contributed by atoms with Crippen LogP contribution in [0, 0.1) is 34.5 Å². The zero-order valence-corrected chi connectivity index (χ0v) is 23.5. The van der Waals surface area contributed by atoms with E-state index in [9.17, 15) is 19.2 Å². The second kappa shape index (κ2) is 9.49. The molecule has 0 aromatic carbocycles. The molecule has 5 aliphatic rings. The minimum absolute atomic E-state index is 0.0408. The van der Waals surface area contributed by atoms with E-state index in [1.54, 1.807) is 6.92 Å². The first-order valence-corrected chi connectivity index (χ1v) is 14.0. The number of allylic oxidation sites excluding steroid dienone is 3. The Morgan fingerprint density at radius 2 is 1.58 bits per heavy atom. The van der Waals surface area contributed by atoms with Crippen LogP contribution in [-0.2, 0) is 33.4 Å². The third kappa shape index (κ3) is 3.91. The van der Waals surface area contributed by atoms with Crippen molar-refractivity contribution < 1.29 is 33.4 Å². The number of Topliss-reactive ketones (excluding diaryl/α,β-unsaturated/α-hetero) is 1. The molecule has 0 spiro atoms. The van der Waals surface area contributed by atoms with E-state index in [1.807, 2.05) is 0 Å². The summed E-state index contributed by atoms with van der Waals surface area (Å²) in [5, 5.41) is 0. The van der Waals surface area contributed by atoms with E-state index >= 15 is 0 Å². The number of hydrogen-bond donors (Lipinski definition) is 0. The summed E-state index contributed by atoms with van der Waals surface area (Å²) in [5.74, 6) is -0.445. The summed E-state index contributed by atoms with van der Waals surface area (Å²) < 4.78 is 15.8. The summed E-state index contributed by atoms with van der Waals surface area (Å²) in [6.07, 6.45) is 8.80. The molecular formula is C31H40O7. The molecule has 0 bridgehead atoms. The predicted molar refractivity (Wildman–Crippen MR) is 140 cm³/mol. The van der Waals surface area contributed by atoms with Crippen LogP contribution in [-0.4, -0.2) is 44.0 Å². The molecule has 7 nitrogen and oxygen atoms in total. The summed E-state index contributed by atoms with van der Waals surface area (Å²) in [6, 6.07) is 0. The van der Waals surface area contributed by atoms with Crippen LogP contribution in [0.4, 0.5) is 0 Å². The molecule has 0 aromatic rings. The van der Waals surface area contributed by atoms with Crippen molar-refractivity contribution in [2.75, 3.05) is 14.2 Å². The zero-order valence-electron chi connectivity index (χ0n) is 23.5. The number of carbonyl (C=O) groups excluding carboxylic acids is 4. The van der Waals surface area contributed by atoms with Gasteiger partial charge in [0.25, 0.3) is 0 Å². The minimum atomic E-state index is -0.566. The normalized spacial score (nSPS) is 37.7. The topological polar surface area (TPSA) is 96.0 Å². The van der Waals surface area contributed by atoms with Gasteiger partial charge in [0, 0.05) is 25.7 Å². The Morgan fingerprint density at radius 1 is 0.895 bits per heavy atom. The molecule has 0 N–H and O–H groups in total. The number of methoxy groups -OCH3 is 2. The number of ketones is 1. The standard InChI is InChI=1S/C31H40O7/c1-16(32)21-14-23(28(34)36-5)26(29(35)37-6)22-15-25-20-8-7-18-13-19(38-17(2)33)9-11-30(18,3)24(20)10-12-31(25,4)27(21)22/h7,19-20,22,24-25H,8-15H2,1-6H3/t19-,20-,22+,24+,25+,30-,31+/m0/s1. The number of ether oxygens (including phenoxy) is 3. The summed E-state index contributed by atoms with van der Waals surface area (Å²) >= 11 is 0. The first kappa shape index (κ1) is 26.9. The third-order valence-electron chi connectivity index (χ3n) is 10.8. The van der Waals surface area contributed by atoms with Gasteiger partial charge < -0.3 is 14.2 Å². The fraction of sp³-hybridized carbons (Fsp3) is 0.677. The highest BCUT2D eigenvalue weighted by molar-refractivity contribution is 6.06. The van der Waals surface area contributed by atoms with Gasteiger partial charge in [-0.3, -0.25) is 9.59 Å². The van der Waals surface area contributed by atoms with E-state index in [-0.39, 0.29) is 52.5 Å². The maximum atomic E-state index is 13.1. The van der Waals surface area contributed by atoms with Crippen molar-refractivity contribution in [3.8, 4) is 0 Å². The van der Waals surface area contributed by atoms with E-state index in [2.05, 4.69) is 19.9 Å². The van der Waals surface area contributed by atoms with Crippen LogP contribution in [0.2, 0.25) is 0 Å². The SMILES string of the molecule is COC(=O)C1=C(C(=O)OC)[C@H]2C[C@@H]3[C@H]4CC=C5C[C@@H](OC(C)=O)CC[C@]5(C)[C@@H]4CC[C@@]3(C)C2=C(C(C)=O)C1. The largest absolute Gasteiger partial charge is 0.466 e. The van der Waals surface area contributed by atoms with Gasteiger partial charge in [-0.2, -0.15) is 0 Å². The van der Waals surface area contributed by atoms with Gasteiger partial charge in [-0.1, -0.05) is 25.5 Å². The summed E-state index contributed by atoms with van der Waals surface area (Å²) in [5.41, 5.74) is 3.63. The van der Waals surface area contributed by atoms with E-state index in [4.69, 9.17) is 14.2 Å². The Kier molecular flexibility index (Phi) is 6.72. The number of hydrogen-bond acceptors (Lipinski definition) is 7. The van der Waals surface area contributed by atoms with Crippen molar-refractivity contribution in [3.63, 3.8) is 0 Å². The van der Waals surface area contributed by atoms with Crippen LogP contribution in [0.1, 0.15) is 79.1 Å². The lowest BCUT2D eigenvalue weighted by Crippen LogP contribution is -2.50. The first-order chi connectivity index (χ1) is 18.0. The van der Waals surface area contributed by atoms with Gasteiger partial charge >= 0.3 is 17.9 Å². The maximum absolute atomic E-state index is 13.1. The first-order valence-electron chi connectivity index (χ1n) is 14.0. The second-order valence-corrected chi connectivity index (χ2v) is 12.5. The quantitative estimate of drug-likeness (QED) is 0.289. The van der Waals surface area contributed by atoms with Crippen molar-refractivity contribution >= 4 is 23.7 Å². The molecule has 7 heteroatoms. The van der Waals surface area contributed by atoms with Gasteiger partial charge in [0.15, 0.2) is 5.78 Å². The monoisotopic (exact) mass is 524 g/mol. The number of fused-ring (bicyclic) bond motifs is 7. The molecule has 3 saturated carbocycles. The van der Waals surface area contributed by atoms with Gasteiger partial charge in [0.1, 0.15) is 6.10 Å². The van der Waals surface area contributed by atoms with Gasteiger partial charge in [0.2, 0.25) is 0 Å². The van der Waals surface area contributed by atoms with Crippen molar-refractivity contribution in [1.29, 1.82) is 0 Å². The molecule has 0 aromatic heterocycles. The molecule has 0 unspecified atom stereocenters. The molecule has 0 amide bonds. The summed E-state index contributed by atoms with van der Waals surface area (Å²) in [6.45, 7) is 7.72. The molecule has 5 rings (SSSR count). The van der Waals surface area contributed by atoms with Crippen molar-refractivity contribution in [2.45, 2.75) is 85.2 Å². The molecule has 0 radical (unpaired) electrons. The molecule has 206 valence electrons. The van der Waals surface area contributed by atoms with Crippen LogP contribution < -0.4 is 0 Å². The third-order valence-corrected chi connectivity index (χ3v) is 10.8. The predicted octanol–water partition coefficient (Wildman–Crippen LogP) is 5.04. The molecular weight excluding hydrogens is 484 g/mol. The van der Waals surface area contributed by atoms with Crippen LogP contribution >= 0.6 is 0 Å². The van der Waals surface area contributed by atoms with Gasteiger partial charge in [-0.25, -0.2) is 9.59 Å². The van der Waals surface area contributed by atoms with E-state index in [0.29, 0.717) is 23.0 Å². The lowest BCUT2D eigenvalue weighted by molar-refractivity contribution is -0.148. The van der Waals surface area contributed by atoms with Gasteiger partial charge in [-0.05, 0) is 85.2 Å². The average molecular weight is 525 g/mol. The minimum Gasteiger partial charge on any atom is -0.466 e. The molecule has 38 heavy (non-hydrogen) atoms. The van der Waals surface area contributed by atoms with Crippen LogP contribution in [0.25, 0.3) is 0 Å². The smallest absolute Gasteiger partial charge is 0.334 e. The summed E-state index contributed by atoms with van der Waals surface area (Å²) in [4.78, 5) is 50.5. The zero-order chi connectivity index (χ0) is 27.6. The lowest BCUT2D eigenvalue weighted by atomic mass is 9.47. The lowest BCUT2D eigenvalue weighted by Gasteiger charge is -2.57. The molecule has 0 heterocycles. The Bertz CT molecular complexity index is 1190. The Labute approximate surface area is 225 Å². The Morgan fingerprint density at radius 3 is 2.21 bits per heavy atom. The second-order valence-electron chi connectivity index (χ2n) is 12.5. The van der Waals surface area contributed by atoms with E-state index < -0.39 is 11.9 Å². The van der Waals surface area contributed by atoms with Crippen LogP contribution in [0.15, 0.2) is 33.9 Å². The average Bonchev–Trinajstić information content (AvgIpc) is 3.19. The Balaban J connectivity index is 1.55. The van der Waals surface area contributed by atoms with Crippen LogP contribution in [0.5, 0.6) is 0 Å². The van der Waals surface area contributed by atoms with Crippen molar-refractivity contribution in [1.82, 2.24) is 0 Å². The summed E-state index contributed by atoms with van der Waals surface area (Å²) in [7, 11) is 2.65. The Hall–Kier alpha value is -2.70. The number of esters is 3. The maximum Gasteiger partial charge on any atom is 0.334 e. The molecule has 3 fully saturated rings.